The predicted molar refractivity (Wildman–Crippen MR) is 84.3 cm³/mol. The fourth-order valence-electron chi connectivity index (χ4n) is 3.31. The summed E-state index contributed by atoms with van der Waals surface area (Å²) in [6, 6.07) is 0.359. The van der Waals surface area contributed by atoms with Crippen LogP contribution in [-0.4, -0.2) is 86.2 Å². The second-order valence-electron chi connectivity index (χ2n) is 6.55. The van der Waals surface area contributed by atoms with Crippen molar-refractivity contribution in [1.29, 1.82) is 0 Å². The van der Waals surface area contributed by atoms with Gasteiger partial charge in [0.05, 0.1) is 13.2 Å². The van der Waals surface area contributed by atoms with E-state index in [0.29, 0.717) is 31.6 Å². The summed E-state index contributed by atoms with van der Waals surface area (Å²) in [5, 5.41) is 0. The smallest absolute Gasteiger partial charge is 0.224 e. The average Bonchev–Trinajstić information content (AvgIpc) is 2.96. The van der Waals surface area contributed by atoms with E-state index in [4.69, 9.17) is 4.74 Å². The highest BCUT2D eigenvalue weighted by molar-refractivity contribution is 5.76. The van der Waals surface area contributed by atoms with Gasteiger partial charge in [0.15, 0.2) is 0 Å². The second-order valence-corrected chi connectivity index (χ2v) is 6.55. The maximum Gasteiger partial charge on any atom is 0.224 e. The van der Waals surface area contributed by atoms with Gasteiger partial charge in [-0.05, 0) is 39.4 Å². The molecule has 21 heavy (non-hydrogen) atoms. The predicted octanol–water partition coefficient (Wildman–Crippen LogP) is 0.897. The average molecular weight is 297 g/mol. The van der Waals surface area contributed by atoms with Crippen LogP contribution in [0.2, 0.25) is 0 Å². The first kappa shape index (κ1) is 16.7. The highest BCUT2D eigenvalue weighted by atomic mass is 16.5. The molecule has 0 aromatic heterocycles. The largest absolute Gasteiger partial charge is 0.378 e. The highest BCUT2D eigenvalue weighted by Gasteiger charge is 2.28. The molecular formula is C16H31N3O2. The van der Waals surface area contributed by atoms with Crippen LogP contribution in [0, 0.1) is 5.92 Å². The molecule has 5 nitrogen and oxygen atoms in total. The van der Waals surface area contributed by atoms with Crippen LogP contribution in [0.1, 0.15) is 26.7 Å². The molecule has 122 valence electrons. The number of carbonyl (C=O) groups is 1. The Morgan fingerprint density at radius 3 is 2.71 bits per heavy atom. The molecule has 2 rings (SSSR count). The van der Waals surface area contributed by atoms with Crippen molar-refractivity contribution in [1.82, 2.24) is 14.7 Å². The Morgan fingerprint density at radius 2 is 2.05 bits per heavy atom. The van der Waals surface area contributed by atoms with E-state index in [1.54, 1.807) is 0 Å². The van der Waals surface area contributed by atoms with Crippen molar-refractivity contribution in [3.63, 3.8) is 0 Å². The van der Waals surface area contributed by atoms with E-state index in [9.17, 15) is 4.79 Å². The van der Waals surface area contributed by atoms with Crippen LogP contribution < -0.4 is 0 Å². The van der Waals surface area contributed by atoms with Crippen LogP contribution >= 0.6 is 0 Å². The normalized spacial score (nSPS) is 25.5. The number of ether oxygens (including phenoxy) is 1. The standard InChI is InChI=1S/C16H31N3O2/c1-4-17(3)12-15-5-6-19(13-15)14(2)11-16(20)18-7-9-21-10-8-18/h14-15H,4-13H2,1-3H3. The molecule has 2 saturated heterocycles. The van der Waals surface area contributed by atoms with E-state index < -0.39 is 0 Å². The lowest BCUT2D eigenvalue weighted by molar-refractivity contribution is -0.136. The third-order valence-electron chi connectivity index (χ3n) is 4.88. The molecule has 0 saturated carbocycles. The molecular weight excluding hydrogens is 266 g/mol. The van der Waals surface area contributed by atoms with Gasteiger partial charge in [-0.3, -0.25) is 9.69 Å². The van der Waals surface area contributed by atoms with Gasteiger partial charge in [0.2, 0.25) is 5.91 Å². The molecule has 2 heterocycles. The summed E-state index contributed by atoms with van der Waals surface area (Å²) in [4.78, 5) is 19.1. The number of hydrogen-bond donors (Lipinski definition) is 0. The molecule has 2 unspecified atom stereocenters. The lowest BCUT2D eigenvalue weighted by Crippen LogP contribution is -2.44. The van der Waals surface area contributed by atoms with E-state index in [1.165, 1.54) is 13.0 Å². The molecule has 2 aliphatic rings. The third kappa shape index (κ3) is 4.94. The number of amides is 1. The van der Waals surface area contributed by atoms with Gasteiger partial charge >= 0.3 is 0 Å². The Bertz CT molecular complexity index is 331. The minimum absolute atomic E-state index is 0.292. The maximum atomic E-state index is 12.3. The van der Waals surface area contributed by atoms with Crippen molar-refractivity contribution < 1.29 is 9.53 Å². The topological polar surface area (TPSA) is 36.0 Å². The van der Waals surface area contributed by atoms with Crippen molar-refractivity contribution >= 4 is 5.91 Å². The molecule has 1 amide bonds. The van der Waals surface area contributed by atoms with Gasteiger partial charge in [0.1, 0.15) is 0 Å². The van der Waals surface area contributed by atoms with Crippen LogP contribution in [0.25, 0.3) is 0 Å². The summed E-state index contributed by atoms with van der Waals surface area (Å²) >= 11 is 0. The first-order chi connectivity index (χ1) is 10.1. The van der Waals surface area contributed by atoms with E-state index >= 15 is 0 Å². The zero-order valence-corrected chi connectivity index (χ0v) is 13.9. The quantitative estimate of drug-likeness (QED) is 0.730. The molecule has 2 aliphatic heterocycles. The van der Waals surface area contributed by atoms with Gasteiger partial charge in [-0.2, -0.15) is 0 Å². The van der Waals surface area contributed by atoms with Crippen molar-refractivity contribution in [2.45, 2.75) is 32.7 Å². The molecule has 2 fully saturated rings. The molecule has 5 heteroatoms. The molecule has 2 atom stereocenters. The summed E-state index contributed by atoms with van der Waals surface area (Å²) in [5.41, 5.74) is 0. The Balaban J connectivity index is 1.73. The lowest BCUT2D eigenvalue weighted by Gasteiger charge is -2.30. The highest BCUT2D eigenvalue weighted by Crippen LogP contribution is 2.21. The maximum absolute atomic E-state index is 12.3. The van der Waals surface area contributed by atoms with E-state index in [2.05, 4.69) is 30.7 Å². The van der Waals surface area contributed by atoms with Crippen molar-refractivity contribution in [3.8, 4) is 0 Å². The fourth-order valence-corrected chi connectivity index (χ4v) is 3.31. The number of morpholine rings is 1. The Labute approximate surface area is 129 Å². The molecule has 0 radical (unpaired) electrons. The zero-order chi connectivity index (χ0) is 15.2. The number of hydrogen-bond acceptors (Lipinski definition) is 4. The van der Waals surface area contributed by atoms with Crippen LogP contribution in [0.3, 0.4) is 0 Å². The first-order valence-corrected chi connectivity index (χ1v) is 8.38. The second kappa shape index (κ2) is 8.11. The van der Waals surface area contributed by atoms with E-state index in [0.717, 1.165) is 38.6 Å². The van der Waals surface area contributed by atoms with E-state index in [1.807, 2.05) is 4.90 Å². The van der Waals surface area contributed by atoms with Gasteiger partial charge in [-0.15, -0.1) is 0 Å². The summed E-state index contributed by atoms with van der Waals surface area (Å²) in [6.45, 7) is 11.9. The molecule has 0 aromatic rings. The lowest BCUT2D eigenvalue weighted by atomic mass is 10.1. The van der Waals surface area contributed by atoms with Crippen LogP contribution in [0.15, 0.2) is 0 Å². The molecule has 0 aromatic carbocycles. The SMILES string of the molecule is CCN(C)CC1CCN(C(C)CC(=O)N2CCOCC2)C1. The number of carbonyl (C=O) groups excluding carboxylic acids is 1. The van der Waals surface area contributed by atoms with Crippen LogP contribution in [0.5, 0.6) is 0 Å². The summed E-state index contributed by atoms with van der Waals surface area (Å²) in [7, 11) is 2.19. The van der Waals surface area contributed by atoms with Gasteiger partial charge in [-0.1, -0.05) is 6.92 Å². The summed E-state index contributed by atoms with van der Waals surface area (Å²) in [5.74, 6) is 1.05. The fraction of sp³-hybridized carbons (Fsp3) is 0.938. The van der Waals surface area contributed by atoms with Gasteiger partial charge in [0.25, 0.3) is 0 Å². The molecule has 0 bridgehead atoms. The minimum atomic E-state index is 0.292. The van der Waals surface area contributed by atoms with Crippen molar-refractivity contribution in [2.75, 3.05) is 59.5 Å². The van der Waals surface area contributed by atoms with Gasteiger partial charge in [-0.25, -0.2) is 0 Å². The van der Waals surface area contributed by atoms with Crippen molar-refractivity contribution in [3.05, 3.63) is 0 Å². The molecule has 0 N–H and O–H groups in total. The number of likely N-dealkylation sites (tertiary alicyclic amines) is 1. The summed E-state index contributed by atoms with van der Waals surface area (Å²) < 4.78 is 5.31. The van der Waals surface area contributed by atoms with Gasteiger partial charge in [0, 0.05) is 38.6 Å². The Kier molecular flexibility index (Phi) is 6.45. The monoisotopic (exact) mass is 297 g/mol. The van der Waals surface area contributed by atoms with Crippen LogP contribution in [0.4, 0.5) is 0 Å². The van der Waals surface area contributed by atoms with Crippen molar-refractivity contribution in [2.24, 2.45) is 5.92 Å². The Morgan fingerprint density at radius 1 is 1.33 bits per heavy atom. The Hall–Kier alpha value is -0.650. The third-order valence-corrected chi connectivity index (χ3v) is 4.88. The van der Waals surface area contributed by atoms with Crippen LogP contribution in [-0.2, 0) is 9.53 Å². The first-order valence-electron chi connectivity index (χ1n) is 8.38. The number of rotatable bonds is 6. The molecule has 0 spiro atoms. The molecule has 0 aliphatic carbocycles. The number of nitrogens with zero attached hydrogens (tertiary/aromatic N) is 3. The summed E-state index contributed by atoms with van der Waals surface area (Å²) in [6.07, 6.45) is 1.91. The van der Waals surface area contributed by atoms with E-state index in [-0.39, 0.29) is 0 Å². The minimum Gasteiger partial charge on any atom is -0.378 e. The van der Waals surface area contributed by atoms with Gasteiger partial charge < -0.3 is 14.5 Å². The zero-order valence-electron chi connectivity index (χ0n) is 13.9.